The van der Waals surface area contributed by atoms with E-state index in [1.165, 1.54) is 0 Å². The Balaban J connectivity index is 0.00000312. The maximum absolute atomic E-state index is 12.3. The number of likely N-dealkylation sites (N-methyl/N-ethyl adjacent to an activating group) is 2. The van der Waals surface area contributed by atoms with Crippen LogP contribution in [0.4, 0.5) is 0 Å². The zero-order valence-electron chi connectivity index (χ0n) is 15.5. The second-order valence-corrected chi connectivity index (χ2v) is 7.16. The molecule has 0 spiro atoms. The summed E-state index contributed by atoms with van der Waals surface area (Å²) in [5.74, 6) is 1.18. The van der Waals surface area contributed by atoms with Crippen molar-refractivity contribution in [2.75, 3.05) is 27.2 Å². The van der Waals surface area contributed by atoms with E-state index in [1.54, 1.807) is 24.1 Å². The van der Waals surface area contributed by atoms with Gasteiger partial charge in [0.2, 0.25) is 11.7 Å². The highest BCUT2D eigenvalue weighted by molar-refractivity contribution is 5.94. The molecule has 1 aromatic heterocycles. The first-order valence-corrected chi connectivity index (χ1v) is 8.13. The van der Waals surface area contributed by atoms with Gasteiger partial charge in [0.15, 0.2) is 0 Å². The third-order valence-electron chi connectivity index (χ3n) is 3.58. The first-order valence-electron chi connectivity index (χ1n) is 8.13. The minimum absolute atomic E-state index is 0. The summed E-state index contributed by atoms with van der Waals surface area (Å²) >= 11 is 0. The van der Waals surface area contributed by atoms with Crippen LogP contribution in [0, 0.1) is 5.41 Å². The summed E-state index contributed by atoms with van der Waals surface area (Å²) in [5.41, 5.74) is 1.59. The molecule has 0 saturated heterocycles. The fourth-order valence-corrected chi connectivity index (χ4v) is 2.26. The Kier molecular flexibility index (Phi) is 7.58. The normalized spacial score (nSPS) is 11.1. The number of hydrogen-bond donors (Lipinski definition) is 1. The highest BCUT2D eigenvalue weighted by atomic mass is 35.5. The van der Waals surface area contributed by atoms with Crippen LogP contribution in [0.25, 0.3) is 11.4 Å². The summed E-state index contributed by atoms with van der Waals surface area (Å²) < 4.78 is 5.31. The van der Waals surface area contributed by atoms with Crippen molar-refractivity contribution < 1.29 is 9.32 Å². The van der Waals surface area contributed by atoms with E-state index in [2.05, 4.69) is 36.2 Å². The Morgan fingerprint density at radius 3 is 2.44 bits per heavy atom. The van der Waals surface area contributed by atoms with Crippen molar-refractivity contribution in [1.29, 1.82) is 0 Å². The first kappa shape index (κ1) is 21.1. The maximum atomic E-state index is 12.3. The van der Waals surface area contributed by atoms with Gasteiger partial charge in [-0.05, 0) is 24.6 Å². The summed E-state index contributed by atoms with van der Waals surface area (Å²) in [4.78, 5) is 18.4. The van der Waals surface area contributed by atoms with E-state index in [0.29, 0.717) is 23.8 Å². The highest BCUT2D eigenvalue weighted by Crippen LogP contribution is 2.22. The van der Waals surface area contributed by atoms with E-state index < -0.39 is 0 Å². The molecular weight excluding hydrogens is 340 g/mol. The van der Waals surface area contributed by atoms with E-state index >= 15 is 0 Å². The second-order valence-electron chi connectivity index (χ2n) is 7.16. The molecule has 1 heterocycles. The molecule has 2 rings (SSSR count). The Labute approximate surface area is 155 Å². The van der Waals surface area contributed by atoms with E-state index in [9.17, 15) is 4.79 Å². The Hall–Kier alpha value is -1.92. The lowest BCUT2D eigenvalue weighted by atomic mass is 9.92. The van der Waals surface area contributed by atoms with Crippen LogP contribution in [-0.2, 0) is 6.42 Å². The Morgan fingerprint density at radius 2 is 1.88 bits per heavy atom. The lowest BCUT2D eigenvalue weighted by Crippen LogP contribution is -2.32. The number of rotatable bonds is 6. The summed E-state index contributed by atoms with van der Waals surface area (Å²) in [7, 11) is 3.66. The Bertz CT molecular complexity index is 677. The molecule has 1 amide bonds. The van der Waals surface area contributed by atoms with E-state index in [0.717, 1.165) is 18.5 Å². The molecule has 0 aliphatic rings. The monoisotopic (exact) mass is 366 g/mol. The van der Waals surface area contributed by atoms with Gasteiger partial charge in [0, 0.05) is 37.7 Å². The van der Waals surface area contributed by atoms with Gasteiger partial charge in [-0.2, -0.15) is 4.98 Å². The number of carbonyl (C=O) groups excluding carboxylic acids is 1. The van der Waals surface area contributed by atoms with Crippen LogP contribution in [0.3, 0.4) is 0 Å². The van der Waals surface area contributed by atoms with Gasteiger partial charge < -0.3 is 14.7 Å². The summed E-state index contributed by atoms with van der Waals surface area (Å²) in [6, 6.07) is 7.30. The summed E-state index contributed by atoms with van der Waals surface area (Å²) in [6.07, 6.45) is 0.729. The molecule has 0 saturated carbocycles. The van der Waals surface area contributed by atoms with Gasteiger partial charge in [0.25, 0.3) is 5.91 Å². The van der Waals surface area contributed by atoms with Crippen LogP contribution in [-0.4, -0.2) is 48.1 Å². The summed E-state index contributed by atoms with van der Waals surface area (Å²) in [5, 5.41) is 7.06. The standard InChI is InChI=1S/C18H26N4O2.ClH/c1-18(2,3)12-15-20-16(21-24-15)13-6-8-14(9-7-13)17(23)22(5)11-10-19-4;/h6-9,19H,10-12H2,1-5H3;1H. The van der Waals surface area contributed by atoms with Gasteiger partial charge in [-0.1, -0.05) is 38.1 Å². The third-order valence-corrected chi connectivity index (χ3v) is 3.58. The second kappa shape index (κ2) is 8.97. The van der Waals surface area contributed by atoms with Crippen LogP contribution in [0.2, 0.25) is 0 Å². The lowest BCUT2D eigenvalue weighted by molar-refractivity contribution is 0.0797. The lowest BCUT2D eigenvalue weighted by Gasteiger charge is -2.16. The van der Waals surface area contributed by atoms with Gasteiger partial charge in [0.05, 0.1) is 0 Å². The Morgan fingerprint density at radius 1 is 1.24 bits per heavy atom. The SMILES string of the molecule is CNCCN(C)C(=O)c1ccc(-c2noc(CC(C)(C)C)n2)cc1.Cl. The average molecular weight is 367 g/mol. The van der Waals surface area contributed by atoms with Crippen LogP contribution in [0.5, 0.6) is 0 Å². The molecule has 0 fully saturated rings. The molecule has 6 nitrogen and oxygen atoms in total. The molecule has 0 radical (unpaired) electrons. The molecule has 25 heavy (non-hydrogen) atoms. The smallest absolute Gasteiger partial charge is 0.253 e. The number of benzene rings is 1. The molecule has 1 aromatic carbocycles. The average Bonchev–Trinajstić information content (AvgIpc) is 2.98. The molecule has 0 aliphatic heterocycles. The molecule has 7 heteroatoms. The van der Waals surface area contributed by atoms with Crippen LogP contribution in [0.1, 0.15) is 37.0 Å². The molecule has 2 aromatic rings. The first-order chi connectivity index (χ1) is 11.3. The number of amides is 1. The van der Waals surface area contributed by atoms with E-state index in [-0.39, 0.29) is 23.7 Å². The van der Waals surface area contributed by atoms with Crippen LogP contribution in [0.15, 0.2) is 28.8 Å². The zero-order valence-corrected chi connectivity index (χ0v) is 16.3. The molecule has 138 valence electrons. The molecule has 1 N–H and O–H groups in total. The predicted molar refractivity (Wildman–Crippen MR) is 101 cm³/mol. The van der Waals surface area contributed by atoms with Crippen molar-refractivity contribution >= 4 is 18.3 Å². The number of carbonyl (C=O) groups is 1. The van der Waals surface area contributed by atoms with Crippen molar-refractivity contribution in [2.45, 2.75) is 27.2 Å². The van der Waals surface area contributed by atoms with Crippen molar-refractivity contribution in [3.63, 3.8) is 0 Å². The minimum atomic E-state index is -0.00154. The van der Waals surface area contributed by atoms with Crippen molar-refractivity contribution in [1.82, 2.24) is 20.4 Å². The number of hydrogen-bond acceptors (Lipinski definition) is 5. The van der Waals surface area contributed by atoms with Gasteiger partial charge in [-0.3, -0.25) is 4.79 Å². The minimum Gasteiger partial charge on any atom is -0.340 e. The van der Waals surface area contributed by atoms with Crippen LogP contribution < -0.4 is 5.32 Å². The van der Waals surface area contributed by atoms with Gasteiger partial charge in [0.1, 0.15) is 0 Å². The quantitative estimate of drug-likeness (QED) is 0.850. The van der Waals surface area contributed by atoms with Gasteiger partial charge in [-0.25, -0.2) is 0 Å². The molecule has 0 atom stereocenters. The third kappa shape index (κ3) is 6.14. The van der Waals surface area contributed by atoms with Crippen LogP contribution >= 0.6 is 12.4 Å². The van der Waals surface area contributed by atoms with Crippen molar-refractivity contribution in [2.24, 2.45) is 5.41 Å². The number of nitrogens with one attached hydrogen (secondary N) is 1. The molecule has 0 aliphatic carbocycles. The topological polar surface area (TPSA) is 71.3 Å². The molecular formula is C18H27ClN4O2. The molecule has 0 bridgehead atoms. The van der Waals surface area contributed by atoms with Gasteiger partial charge in [-0.15, -0.1) is 12.4 Å². The maximum Gasteiger partial charge on any atom is 0.253 e. The number of halogens is 1. The van der Waals surface area contributed by atoms with Crippen molar-refractivity contribution in [3.8, 4) is 11.4 Å². The largest absolute Gasteiger partial charge is 0.340 e. The fourth-order valence-electron chi connectivity index (χ4n) is 2.26. The number of nitrogens with zero attached hydrogens (tertiary/aromatic N) is 3. The highest BCUT2D eigenvalue weighted by Gasteiger charge is 2.17. The fraction of sp³-hybridized carbons (Fsp3) is 0.500. The molecule has 0 unspecified atom stereocenters. The predicted octanol–water partition coefficient (Wildman–Crippen LogP) is 3.04. The zero-order chi connectivity index (χ0) is 17.7. The van der Waals surface area contributed by atoms with Crippen molar-refractivity contribution in [3.05, 3.63) is 35.7 Å². The van der Waals surface area contributed by atoms with E-state index in [1.807, 2.05) is 19.2 Å². The summed E-state index contributed by atoms with van der Waals surface area (Å²) in [6.45, 7) is 7.81. The van der Waals surface area contributed by atoms with E-state index in [4.69, 9.17) is 4.52 Å². The number of aromatic nitrogens is 2. The van der Waals surface area contributed by atoms with Gasteiger partial charge >= 0.3 is 0 Å².